The first-order valence-corrected chi connectivity index (χ1v) is 26.7. The number of aromatic amines is 2. The van der Waals surface area contributed by atoms with Crippen LogP contribution in [0.5, 0.6) is 0 Å². The van der Waals surface area contributed by atoms with Gasteiger partial charge >= 0.3 is 0 Å². The Balaban J connectivity index is 1.43. The molecule has 2 unspecified atom stereocenters. The van der Waals surface area contributed by atoms with Crippen LogP contribution in [0.1, 0.15) is 254 Å². The lowest BCUT2D eigenvalue weighted by Crippen LogP contribution is -2.07. The first kappa shape index (κ1) is 49.6. The Kier molecular flexibility index (Phi) is 23.9. The third-order valence-corrected chi connectivity index (χ3v) is 14.0. The number of nitrogens with zero attached hydrogens (tertiary/aromatic N) is 2. The van der Waals surface area contributed by atoms with Crippen molar-refractivity contribution >= 4 is 46.4 Å². The van der Waals surface area contributed by atoms with Gasteiger partial charge < -0.3 is 9.97 Å². The fourth-order valence-corrected chi connectivity index (χ4v) is 10.1. The minimum absolute atomic E-state index is 0.673. The van der Waals surface area contributed by atoms with E-state index in [-0.39, 0.29) is 0 Å². The second-order valence-electron chi connectivity index (χ2n) is 19.5. The molecule has 5 heterocycles. The minimum atomic E-state index is 0.673. The Morgan fingerprint density at radius 2 is 0.677 bits per heavy atom. The Bertz CT molecular complexity index is 1750. The Morgan fingerprint density at radius 1 is 0.371 bits per heavy atom. The molecule has 2 aliphatic rings. The number of rotatable bonds is 34. The second kappa shape index (κ2) is 29.9. The van der Waals surface area contributed by atoms with Crippen molar-refractivity contribution in [1.82, 2.24) is 19.9 Å². The van der Waals surface area contributed by atoms with Crippen LogP contribution in [0.15, 0.2) is 36.4 Å². The molecule has 3 aromatic heterocycles. The van der Waals surface area contributed by atoms with Crippen molar-refractivity contribution in [2.75, 3.05) is 0 Å². The van der Waals surface area contributed by atoms with Gasteiger partial charge in [-0.05, 0) is 85.4 Å². The summed E-state index contributed by atoms with van der Waals surface area (Å²) in [6, 6.07) is 13.6. The number of unbranched alkanes of at least 4 members (excludes halogenated alkanes) is 22. The van der Waals surface area contributed by atoms with Crippen molar-refractivity contribution in [3.05, 3.63) is 70.3 Å². The molecule has 0 amide bonds. The zero-order chi connectivity index (χ0) is 43.5. The standard InChI is InChI=1S/C58H90N4/c1-5-9-13-17-21-25-29-33-47(31-27-23-19-15-11-7-3)43-53-55-39-35-49(59-55)45-51-37-41-57(61-51)54(58-42-38-52(62-58)46-50-36-40-56(53)60-50)44-48(32-28-24-20-16-12-8-4)34-30-26-22-18-14-10-6-2/h35-42,45-48,59,62H,5-34,43-44H2,1-4H3. The summed E-state index contributed by atoms with van der Waals surface area (Å²) in [7, 11) is 0. The summed E-state index contributed by atoms with van der Waals surface area (Å²) in [4.78, 5) is 18.4. The first-order chi connectivity index (χ1) is 30.6. The van der Waals surface area contributed by atoms with Crippen molar-refractivity contribution in [3.8, 4) is 0 Å². The molecule has 3 aromatic rings. The lowest BCUT2D eigenvalue weighted by molar-refractivity contribution is 0.400. The molecule has 0 radical (unpaired) electrons. The van der Waals surface area contributed by atoms with E-state index in [1.54, 1.807) is 0 Å². The van der Waals surface area contributed by atoms with E-state index in [1.807, 2.05) is 0 Å². The summed E-state index contributed by atoms with van der Waals surface area (Å²) in [6.45, 7) is 9.27. The first-order valence-electron chi connectivity index (χ1n) is 26.7. The van der Waals surface area contributed by atoms with Crippen LogP contribution in [0.3, 0.4) is 0 Å². The average Bonchev–Trinajstić information content (AvgIpc) is 4.13. The number of fused-ring (bicyclic) bond motifs is 8. The topological polar surface area (TPSA) is 57.4 Å². The molecule has 62 heavy (non-hydrogen) atoms. The zero-order valence-electron chi connectivity index (χ0n) is 40.5. The SMILES string of the molecule is CCCCCCCCCC(CCCCCCCC)Cc1c2nc(cc3ccc([nH]3)c(CC(CCCCCCCC)CCCCCCCCC)c3nc(cc4ccc1[nH]4)C=C3)C=C2. The Hall–Kier alpha value is -3.40. The van der Waals surface area contributed by atoms with E-state index < -0.39 is 0 Å². The third-order valence-electron chi connectivity index (χ3n) is 14.0. The third kappa shape index (κ3) is 18.0. The van der Waals surface area contributed by atoms with Gasteiger partial charge in [-0.25, -0.2) is 9.97 Å². The summed E-state index contributed by atoms with van der Waals surface area (Å²) < 4.78 is 0. The van der Waals surface area contributed by atoms with Crippen LogP contribution >= 0.6 is 0 Å². The van der Waals surface area contributed by atoms with Crippen LogP contribution in [0.25, 0.3) is 46.4 Å². The maximum atomic E-state index is 5.35. The lowest BCUT2D eigenvalue weighted by atomic mass is 9.88. The molecule has 0 saturated heterocycles. The number of hydrogen-bond donors (Lipinski definition) is 2. The van der Waals surface area contributed by atoms with Gasteiger partial charge in [0.05, 0.1) is 22.8 Å². The summed E-state index contributed by atoms with van der Waals surface area (Å²) in [6.07, 6.45) is 51.9. The van der Waals surface area contributed by atoms with Crippen LogP contribution in [0.2, 0.25) is 0 Å². The fraction of sp³-hybridized carbons (Fsp3) is 0.655. The van der Waals surface area contributed by atoms with E-state index in [9.17, 15) is 0 Å². The lowest BCUT2D eigenvalue weighted by Gasteiger charge is -2.18. The van der Waals surface area contributed by atoms with Crippen LogP contribution in [-0.4, -0.2) is 19.9 Å². The number of hydrogen-bond acceptors (Lipinski definition) is 2. The van der Waals surface area contributed by atoms with Crippen LogP contribution in [-0.2, 0) is 12.8 Å². The minimum Gasteiger partial charge on any atom is -0.355 e. The molecular weight excluding hydrogens is 753 g/mol. The van der Waals surface area contributed by atoms with E-state index in [2.05, 4.69) is 98.4 Å². The molecule has 2 aliphatic heterocycles. The molecule has 342 valence electrons. The van der Waals surface area contributed by atoms with Gasteiger partial charge in [0.1, 0.15) is 0 Å². The van der Waals surface area contributed by atoms with Crippen molar-refractivity contribution in [2.24, 2.45) is 11.8 Å². The van der Waals surface area contributed by atoms with E-state index in [1.165, 1.54) is 215 Å². The summed E-state index contributed by atoms with van der Waals surface area (Å²) >= 11 is 0. The number of nitrogens with one attached hydrogen (secondary N) is 2. The van der Waals surface area contributed by atoms with E-state index in [0.717, 1.165) is 46.7 Å². The summed E-state index contributed by atoms with van der Waals surface area (Å²) in [5.74, 6) is 1.35. The average molecular weight is 843 g/mol. The van der Waals surface area contributed by atoms with Gasteiger partial charge in [-0.15, -0.1) is 0 Å². The monoisotopic (exact) mass is 843 g/mol. The Labute approximate surface area is 380 Å². The molecule has 2 atom stereocenters. The molecule has 2 N–H and O–H groups in total. The highest BCUT2D eigenvalue weighted by atomic mass is 14.8. The van der Waals surface area contributed by atoms with Crippen molar-refractivity contribution in [2.45, 2.75) is 233 Å². The van der Waals surface area contributed by atoms with Gasteiger partial charge in [0.15, 0.2) is 0 Å². The van der Waals surface area contributed by atoms with Gasteiger partial charge in [-0.1, -0.05) is 220 Å². The molecule has 5 rings (SSSR count). The predicted octanol–water partition coefficient (Wildman–Crippen LogP) is 18.8. The fourth-order valence-electron chi connectivity index (χ4n) is 10.1. The Morgan fingerprint density at radius 3 is 1.00 bits per heavy atom. The van der Waals surface area contributed by atoms with Crippen molar-refractivity contribution in [3.63, 3.8) is 0 Å². The quantitative estimate of drug-likeness (QED) is 0.0405. The molecule has 0 fully saturated rings. The molecule has 4 heteroatoms. The number of aromatic nitrogens is 4. The molecule has 8 bridgehead atoms. The molecule has 4 nitrogen and oxygen atoms in total. The molecule has 0 saturated carbocycles. The maximum absolute atomic E-state index is 5.35. The van der Waals surface area contributed by atoms with Crippen molar-refractivity contribution in [1.29, 1.82) is 0 Å². The largest absolute Gasteiger partial charge is 0.355 e. The second-order valence-corrected chi connectivity index (χ2v) is 19.5. The smallest absolute Gasteiger partial charge is 0.0690 e. The van der Waals surface area contributed by atoms with E-state index >= 15 is 0 Å². The van der Waals surface area contributed by atoms with Crippen LogP contribution in [0.4, 0.5) is 0 Å². The van der Waals surface area contributed by atoms with E-state index in [4.69, 9.17) is 9.97 Å². The predicted molar refractivity (Wildman–Crippen MR) is 274 cm³/mol. The highest BCUT2D eigenvalue weighted by Crippen LogP contribution is 2.31. The number of H-pyrrole nitrogens is 2. The van der Waals surface area contributed by atoms with Crippen molar-refractivity contribution < 1.29 is 0 Å². The highest BCUT2D eigenvalue weighted by molar-refractivity contribution is 5.80. The molecule has 0 aromatic carbocycles. The van der Waals surface area contributed by atoms with E-state index in [0.29, 0.717) is 11.8 Å². The molecule has 0 aliphatic carbocycles. The van der Waals surface area contributed by atoms with Gasteiger partial charge in [0.2, 0.25) is 0 Å². The summed E-state index contributed by atoms with van der Waals surface area (Å²) in [5.41, 5.74) is 11.7. The maximum Gasteiger partial charge on any atom is 0.0690 e. The molecular formula is C58H90N4. The normalized spacial score (nSPS) is 13.4. The van der Waals surface area contributed by atoms with Gasteiger partial charge in [-0.2, -0.15) is 0 Å². The molecule has 0 spiro atoms. The summed E-state index contributed by atoms with van der Waals surface area (Å²) in [5, 5.41) is 0. The zero-order valence-corrected chi connectivity index (χ0v) is 40.5. The van der Waals surface area contributed by atoms with Gasteiger partial charge in [0, 0.05) is 33.2 Å². The van der Waals surface area contributed by atoms with Gasteiger partial charge in [0.25, 0.3) is 0 Å². The van der Waals surface area contributed by atoms with Crippen LogP contribution in [0, 0.1) is 11.8 Å². The highest BCUT2D eigenvalue weighted by Gasteiger charge is 2.18. The van der Waals surface area contributed by atoms with Gasteiger partial charge in [-0.3, -0.25) is 0 Å². The van der Waals surface area contributed by atoms with Crippen LogP contribution < -0.4 is 0 Å².